The number of amides is 2. The molecule has 0 aliphatic carbocycles. The van der Waals surface area contributed by atoms with Crippen LogP contribution >= 0.6 is 0 Å². The van der Waals surface area contributed by atoms with Crippen molar-refractivity contribution in [3.63, 3.8) is 0 Å². The molecule has 3 rings (SSSR count). The first-order chi connectivity index (χ1) is 11.1. The molecule has 0 spiro atoms. The lowest BCUT2D eigenvalue weighted by Gasteiger charge is -2.07. The van der Waals surface area contributed by atoms with E-state index in [0.717, 1.165) is 10.9 Å². The minimum Gasteiger partial charge on any atom is -0.351 e. The molecule has 0 bridgehead atoms. The average molecular weight is 309 g/mol. The number of carbonyl (C=O) groups excluding carboxylic acids is 2. The molecular weight excluding hydrogens is 294 g/mol. The largest absolute Gasteiger partial charge is 0.351 e. The molecule has 3 N–H and O–H groups in total. The molecule has 116 valence electrons. The van der Waals surface area contributed by atoms with E-state index in [9.17, 15) is 9.59 Å². The Balaban J connectivity index is 1.74. The fraction of sp³-hybridized carbons (Fsp3) is 0.125. The summed E-state index contributed by atoms with van der Waals surface area (Å²) in [4.78, 5) is 27.4. The van der Waals surface area contributed by atoms with Crippen molar-refractivity contribution < 1.29 is 9.59 Å². The molecule has 0 atom stereocenters. The number of aromatic amines is 1. The van der Waals surface area contributed by atoms with Gasteiger partial charge in [-0.1, -0.05) is 0 Å². The molecule has 0 radical (unpaired) electrons. The van der Waals surface area contributed by atoms with Crippen LogP contribution in [-0.2, 0) is 11.3 Å². The Kier molecular flexibility index (Phi) is 4.01. The molecule has 0 aliphatic rings. The summed E-state index contributed by atoms with van der Waals surface area (Å²) in [5.74, 6) is -0.380. The fourth-order valence-electron chi connectivity index (χ4n) is 2.15. The first kappa shape index (κ1) is 14.7. The lowest BCUT2D eigenvalue weighted by Crippen LogP contribution is -2.20. The molecule has 7 heteroatoms. The van der Waals surface area contributed by atoms with E-state index in [1.165, 1.54) is 6.92 Å². The maximum absolute atomic E-state index is 12.3. The molecule has 0 fully saturated rings. The molecule has 2 amide bonds. The van der Waals surface area contributed by atoms with Crippen molar-refractivity contribution in [2.24, 2.45) is 0 Å². The quantitative estimate of drug-likeness (QED) is 0.684. The van der Waals surface area contributed by atoms with E-state index >= 15 is 0 Å². The molecule has 0 aliphatic heterocycles. The standard InChI is InChI=1S/C16H15N5O2/c1-10(22)18-9-14-6-11(4-5-17-14)16(23)20-13-2-3-15-12(7-13)8-19-21-15/h2-8H,9H2,1H3,(H,18,22)(H,19,21)(H,20,23). The van der Waals surface area contributed by atoms with Crippen LogP contribution in [0.4, 0.5) is 5.69 Å². The van der Waals surface area contributed by atoms with Gasteiger partial charge < -0.3 is 10.6 Å². The molecule has 0 unspecified atom stereocenters. The van der Waals surface area contributed by atoms with Gasteiger partial charge in [-0.25, -0.2) is 0 Å². The van der Waals surface area contributed by atoms with Gasteiger partial charge in [-0.05, 0) is 30.3 Å². The molecular formula is C16H15N5O2. The van der Waals surface area contributed by atoms with Crippen molar-refractivity contribution in [1.82, 2.24) is 20.5 Å². The number of H-pyrrole nitrogens is 1. The number of rotatable bonds is 4. The SMILES string of the molecule is CC(=O)NCc1cc(C(=O)Nc2ccc3[nH]ncc3c2)ccn1. The van der Waals surface area contributed by atoms with Crippen LogP contribution in [0.1, 0.15) is 23.0 Å². The first-order valence-corrected chi connectivity index (χ1v) is 7.06. The summed E-state index contributed by atoms with van der Waals surface area (Å²) >= 11 is 0. The number of anilines is 1. The lowest BCUT2D eigenvalue weighted by molar-refractivity contribution is -0.119. The number of pyridine rings is 1. The summed E-state index contributed by atoms with van der Waals surface area (Å²) in [6.07, 6.45) is 3.24. The second-order valence-electron chi connectivity index (χ2n) is 5.07. The third-order valence-corrected chi connectivity index (χ3v) is 3.30. The highest BCUT2D eigenvalue weighted by molar-refractivity contribution is 6.05. The molecule has 3 aromatic rings. The number of nitrogens with one attached hydrogen (secondary N) is 3. The van der Waals surface area contributed by atoms with Gasteiger partial charge in [-0.2, -0.15) is 5.10 Å². The monoisotopic (exact) mass is 309 g/mol. The van der Waals surface area contributed by atoms with Gasteiger partial charge in [0.15, 0.2) is 0 Å². The Morgan fingerprint density at radius 2 is 2.09 bits per heavy atom. The number of benzene rings is 1. The second-order valence-corrected chi connectivity index (χ2v) is 5.07. The smallest absolute Gasteiger partial charge is 0.255 e. The summed E-state index contributed by atoms with van der Waals surface area (Å²) in [6.45, 7) is 1.72. The van der Waals surface area contributed by atoms with Gasteiger partial charge >= 0.3 is 0 Å². The summed E-state index contributed by atoms with van der Waals surface area (Å²) in [6, 6.07) is 8.78. The molecule has 0 saturated heterocycles. The second kappa shape index (κ2) is 6.27. The predicted molar refractivity (Wildman–Crippen MR) is 85.8 cm³/mol. The van der Waals surface area contributed by atoms with Gasteiger partial charge in [0.05, 0.1) is 24.0 Å². The van der Waals surface area contributed by atoms with E-state index in [1.54, 1.807) is 30.6 Å². The minimum absolute atomic E-state index is 0.143. The van der Waals surface area contributed by atoms with Crippen molar-refractivity contribution >= 4 is 28.4 Å². The molecule has 23 heavy (non-hydrogen) atoms. The van der Waals surface area contributed by atoms with Crippen molar-refractivity contribution in [2.75, 3.05) is 5.32 Å². The molecule has 0 saturated carbocycles. The molecule has 1 aromatic carbocycles. The van der Waals surface area contributed by atoms with Crippen LogP contribution in [0.3, 0.4) is 0 Å². The van der Waals surface area contributed by atoms with E-state index in [-0.39, 0.29) is 18.4 Å². The van der Waals surface area contributed by atoms with E-state index in [4.69, 9.17) is 0 Å². The van der Waals surface area contributed by atoms with Gasteiger partial charge in [0, 0.05) is 29.8 Å². The van der Waals surface area contributed by atoms with Gasteiger partial charge in [-0.3, -0.25) is 19.7 Å². The number of carbonyl (C=O) groups is 2. The van der Waals surface area contributed by atoms with Crippen LogP contribution in [0, 0.1) is 0 Å². The zero-order valence-electron chi connectivity index (χ0n) is 12.5. The maximum Gasteiger partial charge on any atom is 0.255 e. The van der Waals surface area contributed by atoms with Crippen LogP contribution in [-0.4, -0.2) is 27.0 Å². The highest BCUT2D eigenvalue weighted by Crippen LogP contribution is 2.17. The van der Waals surface area contributed by atoms with E-state index in [1.807, 2.05) is 12.1 Å². The third-order valence-electron chi connectivity index (χ3n) is 3.30. The van der Waals surface area contributed by atoms with Crippen LogP contribution in [0.5, 0.6) is 0 Å². The highest BCUT2D eigenvalue weighted by Gasteiger charge is 2.08. The number of hydrogen-bond donors (Lipinski definition) is 3. The van der Waals surface area contributed by atoms with Gasteiger partial charge in [0.1, 0.15) is 0 Å². The number of aromatic nitrogens is 3. The highest BCUT2D eigenvalue weighted by atomic mass is 16.2. The average Bonchev–Trinajstić information content (AvgIpc) is 3.01. The van der Waals surface area contributed by atoms with Crippen LogP contribution < -0.4 is 10.6 Å². The Morgan fingerprint density at radius 3 is 2.91 bits per heavy atom. The lowest BCUT2D eigenvalue weighted by atomic mass is 10.2. The van der Waals surface area contributed by atoms with Gasteiger partial charge in [-0.15, -0.1) is 0 Å². The maximum atomic E-state index is 12.3. The molecule has 2 heterocycles. The Morgan fingerprint density at radius 1 is 1.22 bits per heavy atom. The molecule has 2 aromatic heterocycles. The van der Waals surface area contributed by atoms with Crippen molar-refractivity contribution in [3.05, 3.63) is 54.0 Å². The van der Waals surface area contributed by atoms with Gasteiger partial charge in [0.25, 0.3) is 5.91 Å². The fourth-order valence-corrected chi connectivity index (χ4v) is 2.15. The number of hydrogen-bond acceptors (Lipinski definition) is 4. The Hall–Kier alpha value is -3.22. The number of fused-ring (bicyclic) bond motifs is 1. The minimum atomic E-state index is -0.237. The van der Waals surface area contributed by atoms with Crippen molar-refractivity contribution in [2.45, 2.75) is 13.5 Å². The Labute approximate surface area is 132 Å². The van der Waals surface area contributed by atoms with Gasteiger partial charge in [0.2, 0.25) is 5.91 Å². The van der Waals surface area contributed by atoms with E-state index in [0.29, 0.717) is 16.9 Å². The predicted octanol–water partition coefficient (Wildman–Crippen LogP) is 1.85. The molecule has 7 nitrogen and oxygen atoms in total. The van der Waals surface area contributed by atoms with E-state index < -0.39 is 0 Å². The van der Waals surface area contributed by atoms with Crippen LogP contribution in [0.2, 0.25) is 0 Å². The summed E-state index contributed by atoms with van der Waals surface area (Å²) in [5, 5.41) is 13.2. The summed E-state index contributed by atoms with van der Waals surface area (Å²) in [5.41, 5.74) is 2.69. The zero-order valence-corrected chi connectivity index (χ0v) is 12.5. The summed E-state index contributed by atoms with van der Waals surface area (Å²) < 4.78 is 0. The van der Waals surface area contributed by atoms with Crippen molar-refractivity contribution in [1.29, 1.82) is 0 Å². The van der Waals surface area contributed by atoms with E-state index in [2.05, 4.69) is 25.8 Å². The van der Waals surface area contributed by atoms with Crippen molar-refractivity contribution in [3.8, 4) is 0 Å². The van der Waals surface area contributed by atoms with Crippen LogP contribution in [0.25, 0.3) is 10.9 Å². The first-order valence-electron chi connectivity index (χ1n) is 7.06. The third kappa shape index (κ3) is 3.52. The number of nitrogens with zero attached hydrogens (tertiary/aromatic N) is 2. The normalized spacial score (nSPS) is 10.5. The zero-order chi connectivity index (χ0) is 16.2. The Bertz CT molecular complexity index is 872. The van der Waals surface area contributed by atoms with Crippen LogP contribution in [0.15, 0.2) is 42.7 Å². The topological polar surface area (TPSA) is 99.8 Å². The summed E-state index contributed by atoms with van der Waals surface area (Å²) in [7, 11) is 0.